The van der Waals surface area contributed by atoms with Gasteiger partial charge in [0.05, 0.1) is 6.26 Å². The summed E-state index contributed by atoms with van der Waals surface area (Å²) in [4.78, 5) is 15.3. The van der Waals surface area contributed by atoms with E-state index in [-0.39, 0.29) is 23.8 Å². The molecule has 1 saturated carbocycles. The monoisotopic (exact) mass is 466 g/mol. The number of nitrogens with zero attached hydrogens (tertiary/aromatic N) is 2. The normalized spacial score (nSPS) is 28.5. The summed E-state index contributed by atoms with van der Waals surface area (Å²) in [5.74, 6) is -0.330. The van der Waals surface area contributed by atoms with Gasteiger partial charge >= 0.3 is 0 Å². The summed E-state index contributed by atoms with van der Waals surface area (Å²) in [7, 11) is -3.20. The third-order valence-electron chi connectivity index (χ3n) is 7.36. The van der Waals surface area contributed by atoms with E-state index in [1.165, 1.54) is 12.3 Å². The van der Waals surface area contributed by atoms with Gasteiger partial charge in [-0.2, -0.15) is 4.31 Å². The molecule has 0 aromatic heterocycles. The van der Waals surface area contributed by atoms with Crippen LogP contribution in [-0.4, -0.2) is 73.6 Å². The number of likely N-dealkylation sites (N-methyl/N-ethyl adjacent to an activating group) is 1. The lowest BCUT2D eigenvalue weighted by atomic mass is 9.89. The first-order valence-electron chi connectivity index (χ1n) is 11.7. The number of anilines is 1. The Kier molecular flexibility index (Phi) is 6.79. The van der Waals surface area contributed by atoms with E-state index in [1.807, 2.05) is 13.8 Å². The Balaban J connectivity index is 1.33. The minimum Gasteiger partial charge on any atom is -0.373 e. The number of likely N-dealkylation sites (tertiary alicyclic amines) is 1. The molecule has 4 rings (SSSR count). The summed E-state index contributed by atoms with van der Waals surface area (Å²) in [5.41, 5.74) is 2.30. The number of sulfonamides is 1. The highest BCUT2D eigenvalue weighted by molar-refractivity contribution is 7.88. The molecular formula is C23H35FN4O3S. The molecule has 1 aromatic carbocycles. The number of benzene rings is 1. The van der Waals surface area contributed by atoms with E-state index in [4.69, 9.17) is 0 Å². The second-order valence-corrected chi connectivity index (χ2v) is 11.5. The van der Waals surface area contributed by atoms with Gasteiger partial charge < -0.3 is 10.6 Å². The van der Waals surface area contributed by atoms with Crippen molar-refractivity contribution in [3.63, 3.8) is 0 Å². The summed E-state index contributed by atoms with van der Waals surface area (Å²) < 4.78 is 39.9. The fourth-order valence-electron chi connectivity index (χ4n) is 5.75. The van der Waals surface area contributed by atoms with Gasteiger partial charge in [0.1, 0.15) is 11.9 Å². The Morgan fingerprint density at radius 3 is 2.78 bits per heavy atom. The molecule has 1 aliphatic carbocycles. The number of carbonyl (C=O) groups is 1. The average molecular weight is 467 g/mol. The van der Waals surface area contributed by atoms with E-state index in [9.17, 15) is 17.6 Å². The number of carbonyl (C=O) groups excluding carboxylic acids is 1. The highest BCUT2D eigenvalue weighted by Gasteiger charge is 2.37. The van der Waals surface area contributed by atoms with Crippen molar-refractivity contribution >= 4 is 21.6 Å². The zero-order chi connectivity index (χ0) is 23.0. The van der Waals surface area contributed by atoms with Gasteiger partial charge in [-0.15, -0.1) is 0 Å². The Morgan fingerprint density at radius 2 is 2.09 bits per heavy atom. The third kappa shape index (κ3) is 4.79. The van der Waals surface area contributed by atoms with Crippen LogP contribution < -0.4 is 10.6 Å². The molecule has 1 amide bonds. The summed E-state index contributed by atoms with van der Waals surface area (Å²) in [6, 6.07) is 3.24. The van der Waals surface area contributed by atoms with E-state index in [0.29, 0.717) is 24.6 Å². The molecule has 0 radical (unpaired) electrons. The molecule has 4 atom stereocenters. The number of amides is 1. The first-order chi connectivity index (χ1) is 15.2. The van der Waals surface area contributed by atoms with Gasteiger partial charge in [0.25, 0.3) is 0 Å². The SMILES string of the molecule is CCN([C@@H]1CCN([C@H]2CCC[C@@H](NC(=O)C3Cc4c(F)ccc(C)c4N3)C2)C1)S(C)(=O)=O. The van der Waals surface area contributed by atoms with Gasteiger partial charge in [-0.1, -0.05) is 13.0 Å². The molecule has 0 spiro atoms. The topological polar surface area (TPSA) is 81.8 Å². The van der Waals surface area contributed by atoms with Crippen LogP contribution in [-0.2, 0) is 21.2 Å². The quantitative estimate of drug-likeness (QED) is 0.672. The van der Waals surface area contributed by atoms with Crippen molar-refractivity contribution in [1.82, 2.24) is 14.5 Å². The van der Waals surface area contributed by atoms with Crippen LogP contribution in [0.4, 0.5) is 10.1 Å². The van der Waals surface area contributed by atoms with Gasteiger partial charge in [-0.25, -0.2) is 12.8 Å². The molecule has 0 bridgehead atoms. The Hall–Kier alpha value is -1.71. The van der Waals surface area contributed by atoms with Crippen LogP contribution in [0.25, 0.3) is 0 Å². The van der Waals surface area contributed by atoms with Crippen molar-refractivity contribution in [1.29, 1.82) is 0 Å². The molecule has 2 N–H and O–H groups in total. The number of aryl methyl sites for hydroxylation is 1. The third-order valence-corrected chi connectivity index (χ3v) is 8.76. The molecule has 1 saturated heterocycles. The lowest BCUT2D eigenvalue weighted by Crippen LogP contribution is -2.49. The van der Waals surface area contributed by atoms with Crippen LogP contribution in [0, 0.1) is 12.7 Å². The standard InChI is InChI=1S/C23H35FN4O3S/c1-4-28(32(3,30)31)18-10-11-27(14-18)17-7-5-6-16(12-17)25-23(29)21-13-19-20(24)9-8-15(2)22(19)26-21/h8-9,16-18,21,26H,4-7,10-14H2,1-3H3,(H,25,29)/t16-,17+,18-,21?/m1/s1. The second kappa shape index (κ2) is 9.27. The largest absolute Gasteiger partial charge is 0.373 e. The Bertz CT molecular complexity index is 939. The lowest BCUT2D eigenvalue weighted by Gasteiger charge is -2.36. The van der Waals surface area contributed by atoms with E-state index in [1.54, 1.807) is 10.4 Å². The summed E-state index contributed by atoms with van der Waals surface area (Å²) >= 11 is 0. The van der Waals surface area contributed by atoms with Gasteiger partial charge in [0.15, 0.2) is 0 Å². The van der Waals surface area contributed by atoms with Crippen LogP contribution in [0.2, 0.25) is 0 Å². The van der Waals surface area contributed by atoms with Crippen molar-refractivity contribution in [2.24, 2.45) is 0 Å². The molecule has 2 aliphatic heterocycles. The fourth-order valence-corrected chi connectivity index (χ4v) is 6.94. The lowest BCUT2D eigenvalue weighted by molar-refractivity contribution is -0.122. The van der Waals surface area contributed by atoms with Crippen molar-refractivity contribution in [2.45, 2.75) is 76.5 Å². The zero-order valence-corrected chi connectivity index (χ0v) is 20.0. The molecule has 32 heavy (non-hydrogen) atoms. The predicted octanol–water partition coefficient (Wildman–Crippen LogP) is 2.25. The number of rotatable bonds is 6. The van der Waals surface area contributed by atoms with Crippen molar-refractivity contribution in [3.8, 4) is 0 Å². The molecule has 3 aliphatic rings. The minimum absolute atomic E-state index is 0.0318. The summed E-state index contributed by atoms with van der Waals surface area (Å²) in [6.45, 7) is 5.95. The molecule has 2 fully saturated rings. The maximum atomic E-state index is 14.2. The van der Waals surface area contributed by atoms with Crippen LogP contribution in [0.5, 0.6) is 0 Å². The number of fused-ring (bicyclic) bond motifs is 1. The average Bonchev–Trinajstić information content (AvgIpc) is 3.39. The second-order valence-electron chi connectivity index (χ2n) is 9.55. The van der Waals surface area contributed by atoms with Crippen LogP contribution in [0.15, 0.2) is 12.1 Å². The summed E-state index contributed by atoms with van der Waals surface area (Å²) in [5, 5.41) is 6.41. The maximum absolute atomic E-state index is 14.2. The first kappa shape index (κ1) is 23.4. The highest BCUT2D eigenvalue weighted by atomic mass is 32.2. The van der Waals surface area contributed by atoms with Gasteiger partial charge in [-0.3, -0.25) is 9.69 Å². The van der Waals surface area contributed by atoms with E-state index < -0.39 is 16.1 Å². The molecule has 1 aromatic rings. The first-order valence-corrected chi connectivity index (χ1v) is 13.6. The Morgan fingerprint density at radius 1 is 1.31 bits per heavy atom. The van der Waals surface area contributed by atoms with Crippen molar-refractivity contribution in [2.75, 3.05) is 31.2 Å². The van der Waals surface area contributed by atoms with E-state index in [2.05, 4.69) is 15.5 Å². The molecule has 178 valence electrons. The van der Waals surface area contributed by atoms with Crippen LogP contribution in [0.3, 0.4) is 0 Å². The smallest absolute Gasteiger partial charge is 0.243 e. The number of halogens is 1. The summed E-state index contributed by atoms with van der Waals surface area (Å²) in [6.07, 6.45) is 6.43. The van der Waals surface area contributed by atoms with Gasteiger partial charge in [0.2, 0.25) is 15.9 Å². The number of nitrogens with one attached hydrogen (secondary N) is 2. The number of hydrogen-bond acceptors (Lipinski definition) is 5. The van der Waals surface area contributed by atoms with Gasteiger partial charge in [-0.05, 0) is 50.7 Å². The maximum Gasteiger partial charge on any atom is 0.243 e. The van der Waals surface area contributed by atoms with Crippen molar-refractivity contribution in [3.05, 3.63) is 29.1 Å². The zero-order valence-electron chi connectivity index (χ0n) is 19.2. The van der Waals surface area contributed by atoms with Gasteiger partial charge in [0, 0.05) is 55.4 Å². The number of hydrogen-bond donors (Lipinski definition) is 2. The van der Waals surface area contributed by atoms with E-state index in [0.717, 1.165) is 56.4 Å². The molecule has 2 heterocycles. The minimum atomic E-state index is -3.20. The van der Waals surface area contributed by atoms with Crippen LogP contribution in [0.1, 0.15) is 50.2 Å². The molecule has 7 nitrogen and oxygen atoms in total. The van der Waals surface area contributed by atoms with E-state index >= 15 is 0 Å². The van der Waals surface area contributed by atoms with Crippen LogP contribution >= 0.6 is 0 Å². The predicted molar refractivity (Wildman–Crippen MR) is 124 cm³/mol. The highest BCUT2D eigenvalue weighted by Crippen LogP contribution is 2.32. The Labute approximate surface area is 190 Å². The molecular weight excluding hydrogens is 431 g/mol. The fraction of sp³-hybridized carbons (Fsp3) is 0.696. The van der Waals surface area contributed by atoms with Crippen molar-refractivity contribution < 1.29 is 17.6 Å². The molecule has 9 heteroatoms. The molecule has 1 unspecified atom stereocenters.